The van der Waals surface area contributed by atoms with E-state index in [9.17, 15) is 19.4 Å². The van der Waals surface area contributed by atoms with E-state index in [-0.39, 0.29) is 54.3 Å². The van der Waals surface area contributed by atoms with Crippen molar-refractivity contribution in [3.05, 3.63) is 77.9 Å². The lowest BCUT2D eigenvalue weighted by atomic mass is 10.1. The number of fused-ring (bicyclic) bond motifs is 6. The Morgan fingerprint density at radius 2 is 1.82 bits per heavy atom. The van der Waals surface area contributed by atoms with E-state index in [2.05, 4.69) is 25.4 Å². The highest BCUT2D eigenvalue weighted by Gasteiger charge is 2.41. The van der Waals surface area contributed by atoms with Gasteiger partial charge in [0.2, 0.25) is 11.9 Å². The summed E-state index contributed by atoms with van der Waals surface area (Å²) < 4.78 is 53.4. The molecule has 3 atom stereocenters. The molecule has 55 heavy (non-hydrogen) atoms. The fourth-order valence-electron chi connectivity index (χ4n) is 7.55. The van der Waals surface area contributed by atoms with Crippen LogP contribution < -0.4 is 10.2 Å². The number of amides is 1. The number of rotatable bonds is 7. The van der Waals surface area contributed by atoms with E-state index in [0.29, 0.717) is 46.7 Å². The molecule has 6 aromatic rings. The molecular weight excluding hydrogens is 719 g/mol. The molecule has 1 amide bonds. The number of aliphatic hydroxyl groups excluding tert-OH is 2. The second kappa shape index (κ2) is 14.5. The second-order valence-corrected chi connectivity index (χ2v) is 13.8. The number of anilines is 2. The Hall–Kier alpha value is -5.72. The molecule has 18 heteroatoms. The maximum absolute atomic E-state index is 15.1. The van der Waals surface area contributed by atoms with E-state index in [1.165, 1.54) is 29.1 Å². The first kappa shape index (κ1) is 36.3. The number of aryl methyl sites for hydroxylation is 1. The zero-order valence-electron chi connectivity index (χ0n) is 30.2. The predicted molar refractivity (Wildman–Crippen MR) is 195 cm³/mol. The Balaban J connectivity index is 1.27. The van der Waals surface area contributed by atoms with Crippen molar-refractivity contribution < 1.29 is 32.9 Å². The quantitative estimate of drug-likeness (QED) is 0.217. The average molecular weight is 758 g/mol. The van der Waals surface area contributed by atoms with Crippen molar-refractivity contribution in [1.29, 1.82) is 0 Å². The van der Waals surface area contributed by atoms with Crippen LogP contribution in [-0.4, -0.2) is 118 Å². The van der Waals surface area contributed by atoms with E-state index in [4.69, 9.17) is 14.7 Å². The molecule has 0 aliphatic carbocycles. The van der Waals surface area contributed by atoms with E-state index in [1.807, 2.05) is 18.4 Å². The lowest BCUT2D eigenvalue weighted by molar-refractivity contribution is -0.133. The number of carbonyl (C=O) groups excluding carboxylic acids is 1. The van der Waals surface area contributed by atoms with Crippen molar-refractivity contribution in [3.63, 3.8) is 0 Å². The van der Waals surface area contributed by atoms with Crippen LogP contribution in [0, 0.1) is 24.4 Å². The van der Waals surface area contributed by atoms with Crippen molar-refractivity contribution in [2.75, 3.05) is 50.2 Å². The number of nitrogens with one attached hydrogen (secondary N) is 1. The summed E-state index contributed by atoms with van der Waals surface area (Å²) >= 11 is 0. The molecule has 4 bridgehead atoms. The summed E-state index contributed by atoms with van der Waals surface area (Å²) in [5.41, 5.74) is 2.16. The SMILES string of the molecule is CCO[C@H]1CN(C)C(=O)[C@@H]2C[C@@H](CN2c2nc(C(CO)CO)nc3c2cnn3-c2ccc(F)cc2F)Nc2nccc(n2)-c2cc(F)cc3nc(C)n(c23)C1. The number of carbonyl (C=O) groups is 1. The van der Waals surface area contributed by atoms with Gasteiger partial charge in [-0.3, -0.25) is 4.79 Å². The lowest BCUT2D eigenvalue weighted by Crippen LogP contribution is -2.47. The van der Waals surface area contributed by atoms with Crippen LogP contribution in [0.3, 0.4) is 0 Å². The van der Waals surface area contributed by atoms with E-state index in [1.54, 1.807) is 29.1 Å². The van der Waals surface area contributed by atoms with Crippen LogP contribution in [0.5, 0.6) is 0 Å². The molecule has 286 valence electrons. The number of aromatic nitrogens is 8. The lowest BCUT2D eigenvalue weighted by Gasteiger charge is -2.31. The molecule has 6 heterocycles. The monoisotopic (exact) mass is 757 g/mol. The minimum absolute atomic E-state index is 0.0373. The molecule has 0 saturated carbocycles. The van der Waals surface area contributed by atoms with Crippen LogP contribution in [0.1, 0.15) is 30.9 Å². The van der Waals surface area contributed by atoms with Crippen LogP contribution in [-0.2, 0) is 16.1 Å². The van der Waals surface area contributed by atoms with Gasteiger partial charge in [0.1, 0.15) is 40.8 Å². The predicted octanol–water partition coefficient (Wildman–Crippen LogP) is 3.35. The number of hydrogen-bond donors (Lipinski definition) is 3. The maximum atomic E-state index is 15.1. The number of halogens is 3. The first-order valence-electron chi connectivity index (χ1n) is 17.9. The summed E-state index contributed by atoms with van der Waals surface area (Å²) in [7, 11) is 1.70. The minimum atomic E-state index is -0.919. The summed E-state index contributed by atoms with van der Waals surface area (Å²) in [6.45, 7) is 3.77. The molecule has 2 aliphatic rings. The van der Waals surface area contributed by atoms with Crippen molar-refractivity contribution >= 4 is 39.7 Å². The topological polar surface area (TPSA) is 172 Å². The van der Waals surface area contributed by atoms with E-state index < -0.39 is 54.8 Å². The standard InChI is InChI=1S/C37H38F3N11O4/c1-4-55-24-15-48(3)36(54)31-12-23(44-37-41-8-7-28(45-37)25-9-22(39)11-29-32(25)49(16-24)19(2)43-29)14-50(31)34-26-13-42-51(30-6-5-21(38)10-27(30)40)35(26)47-33(46-34)20(17-52)18-53/h5-11,13,20,23-24,31,52-53H,4,12,14-18H2,1-3H3,(H,41,44,45)/t23-,24-,31-/m0/s1. The van der Waals surface area contributed by atoms with E-state index in [0.717, 1.165) is 12.1 Å². The highest BCUT2D eigenvalue weighted by atomic mass is 19.1. The van der Waals surface area contributed by atoms with Gasteiger partial charge in [-0.05, 0) is 44.5 Å². The van der Waals surface area contributed by atoms with Gasteiger partial charge in [0.15, 0.2) is 11.5 Å². The third-order valence-electron chi connectivity index (χ3n) is 10.1. The molecule has 0 spiro atoms. The highest BCUT2D eigenvalue weighted by molar-refractivity contribution is 5.94. The molecule has 0 radical (unpaired) electrons. The number of likely N-dealkylation sites (N-methyl/N-ethyl adjacent to an activating group) is 1. The number of benzene rings is 2. The van der Waals surface area contributed by atoms with Crippen LogP contribution in [0.2, 0.25) is 0 Å². The van der Waals surface area contributed by atoms with Crippen molar-refractivity contribution in [2.24, 2.45) is 0 Å². The molecular formula is C37H38F3N11O4. The summed E-state index contributed by atoms with van der Waals surface area (Å²) in [5, 5.41) is 28.4. The van der Waals surface area contributed by atoms with Crippen molar-refractivity contribution in [2.45, 2.75) is 50.9 Å². The third-order valence-corrected chi connectivity index (χ3v) is 10.1. The molecule has 1 saturated heterocycles. The van der Waals surface area contributed by atoms with Gasteiger partial charge >= 0.3 is 0 Å². The number of nitrogens with zero attached hydrogens (tertiary/aromatic N) is 10. The first-order chi connectivity index (χ1) is 26.6. The number of ether oxygens (including phenoxy) is 1. The first-order valence-corrected chi connectivity index (χ1v) is 17.9. The van der Waals surface area contributed by atoms with Crippen molar-refractivity contribution in [1.82, 2.24) is 44.2 Å². The van der Waals surface area contributed by atoms with E-state index >= 15 is 8.78 Å². The largest absolute Gasteiger partial charge is 0.396 e. The Labute approximate surface area is 312 Å². The molecule has 8 rings (SSSR count). The van der Waals surface area contributed by atoms with Gasteiger partial charge in [0, 0.05) is 56.7 Å². The zero-order chi connectivity index (χ0) is 38.5. The maximum Gasteiger partial charge on any atom is 0.245 e. The number of imidazole rings is 1. The minimum Gasteiger partial charge on any atom is -0.396 e. The Kier molecular flexibility index (Phi) is 9.56. The van der Waals surface area contributed by atoms with Crippen molar-refractivity contribution in [3.8, 4) is 16.9 Å². The van der Waals surface area contributed by atoms with Gasteiger partial charge < -0.3 is 34.6 Å². The average Bonchev–Trinajstić information content (AvgIpc) is 3.86. The molecule has 0 unspecified atom stereocenters. The van der Waals surface area contributed by atoms with Gasteiger partial charge in [0.05, 0.1) is 60.1 Å². The molecule has 2 aliphatic heterocycles. The smallest absolute Gasteiger partial charge is 0.245 e. The fraction of sp³-hybridized carbons (Fsp3) is 0.378. The van der Waals surface area contributed by atoms with Gasteiger partial charge in [-0.15, -0.1) is 0 Å². The summed E-state index contributed by atoms with van der Waals surface area (Å²) in [6.07, 6.45) is 2.80. The Morgan fingerprint density at radius 3 is 2.58 bits per heavy atom. The summed E-state index contributed by atoms with van der Waals surface area (Å²) in [6, 6.07) is 6.32. The zero-order valence-corrected chi connectivity index (χ0v) is 30.2. The Morgan fingerprint density at radius 1 is 1.00 bits per heavy atom. The number of hydrogen-bond acceptors (Lipinski definition) is 12. The van der Waals surface area contributed by atoms with Crippen LogP contribution >= 0.6 is 0 Å². The number of aliphatic hydroxyl groups is 2. The Bertz CT molecular complexity index is 2420. The molecule has 4 aromatic heterocycles. The van der Waals surface area contributed by atoms with Gasteiger partial charge in [-0.2, -0.15) is 5.10 Å². The van der Waals surface area contributed by atoms with Crippen LogP contribution in [0.15, 0.2) is 48.8 Å². The molecule has 2 aromatic carbocycles. The fourth-order valence-corrected chi connectivity index (χ4v) is 7.55. The normalized spacial score (nSPS) is 19.0. The third kappa shape index (κ3) is 6.59. The van der Waals surface area contributed by atoms with Gasteiger partial charge in [-0.1, -0.05) is 0 Å². The molecule has 3 N–H and O–H groups in total. The van der Waals surface area contributed by atoms with Crippen LogP contribution in [0.25, 0.3) is 39.0 Å². The highest BCUT2D eigenvalue weighted by Crippen LogP contribution is 2.36. The van der Waals surface area contributed by atoms with Gasteiger partial charge in [0.25, 0.3) is 0 Å². The van der Waals surface area contributed by atoms with Gasteiger partial charge in [-0.25, -0.2) is 42.8 Å². The van der Waals surface area contributed by atoms with Crippen LogP contribution in [0.4, 0.5) is 24.9 Å². The summed E-state index contributed by atoms with van der Waals surface area (Å²) in [4.78, 5) is 41.3. The molecule has 15 nitrogen and oxygen atoms in total. The summed E-state index contributed by atoms with van der Waals surface area (Å²) in [5.74, 6) is -2.11. The second-order valence-electron chi connectivity index (χ2n) is 13.8. The molecule has 1 fully saturated rings.